The van der Waals surface area contributed by atoms with Crippen molar-refractivity contribution in [3.8, 4) is 0 Å². The van der Waals surface area contributed by atoms with Gasteiger partial charge >= 0.3 is 0 Å². The number of ether oxygens (including phenoxy) is 1. The largest absolute Gasteiger partial charge is 0.384 e. The van der Waals surface area contributed by atoms with Gasteiger partial charge in [0.1, 0.15) is 10.7 Å². The van der Waals surface area contributed by atoms with Gasteiger partial charge in [-0.1, -0.05) is 29.3 Å². The van der Waals surface area contributed by atoms with Gasteiger partial charge in [-0.2, -0.15) is 8.68 Å². The van der Waals surface area contributed by atoms with Crippen molar-refractivity contribution in [2.24, 2.45) is 0 Å². The minimum absolute atomic E-state index is 0.0328. The van der Waals surface area contributed by atoms with Gasteiger partial charge in [0.25, 0.3) is 0 Å². The van der Waals surface area contributed by atoms with E-state index in [9.17, 15) is 8.42 Å². The van der Waals surface area contributed by atoms with Crippen LogP contribution in [0.3, 0.4) is 0 Å². The third kappa shape index (κ3) is 4.13. The van der Waals surface area contributed by atoms with Gasteiger partial charge in [-0.3, -0.25) is 0 Å². The quantitative estimate of drug-likeness (QED) is 0.692. The molecule has 1 aromatic heterocycles. The molecule has 7 nitrogen and oxygen atoms in total. The molecule has 0 saturated carbocycles. The fourth-order valence-corrected chi connectivity index (χ4v) is 5.92. The number of sulfonamides is 1. The maximum absolute atomic E-state index is 12.9. The van der Waals surface area contributed by atoms with Crippen molar-refractivity contribution >= 4 is 49.9 Å². The summed E-state index contributed by atoms with van der Waals surface area (Å²) in [5.74, 6) is 0.741. The van der Waals surface area contributed by atoms with Gasteiger partial charge in [0.2, 0.25) is 15.2 Å². The van der Waals surface area contributed by atoms with E-state index in [4.69, 9.17) is 27.9 Å². The number of methoxy groups -OCH3 is 1. The summed E-state index contributed by atoms with van der Waals surface area (Å²) in [5.41, 5.74) is 0. The summed E-state index contributed by atoms with van der Waals surface area (Å²) in [4.78, 5) is 6.49. The molecule has 0 radical (unpaired) electrons. The lowest BCUT2D eigenvalue weighted by atomic mass is 10.4. The Hall–Kier alpha value is -0.970. The fourth-order valence-electron chi connectivity index (χ4n) is 2.65. The Morgan fingerprint density at radius 2 is 1.85 bits per heavy atom. The van der Waals surface area contributed by atoms with Gasteiger partial charge in [0.05, 0.1) is 16.7 Å². The molecular weight excluding hydrogens is 419 g/mol. The molecule has 0 unspecified atom stereocenters. The second-order valence-electron chi connectivity index (χ2n) is 5.68. The van der Waals surface area contributed by atoms with Crippen LogP contribution in [0.2, 0.25) is 10.0 Å². The van der Waals surface area contributed by atoms with Crippen molar-refractivity contribution in [3.05, 3.63) is 34.1 Å². The van der Waals surface area contributed by atoms with Gasteiger partial charge in [-0.15, -0.1) is 0 Å². The number of anilines is 1. The van der Waals surface area contributed by atoms with Crippen LogP contribution in [0.5, 0.6) is 0 Å². The molecule has 26 heavy (non-hydrogen) atoms. The third-order valence-electron chi connectivity index (χ3n) is 4.01. The molecule has 0 bridgehead atoms. The van der Waals surface area contributed by atoms with Crippen LogP contribution in [0.4, 0.5) is 5.13 Å². The van der Waals surface area contributed by atoms with Crippen LogP contribution >= 0.6 is 34.7 Å². The van der Waals surface area contributed by atoms with Gasteiger partial charge in [0, 0.05) is 51.2 Å². The standard InChI is InChI=1S/C15H18Cl2N4O3S2/c1-24-10-5-13-18-15(25-19-13)20-6-8-21(9-7-20)26(22,23)14-11(16)3-2-4-12(14)17/h2-4H,5-10H2,1H3. The summed E-state index contributed by atoms with van der Waals surface area (Å²) in [5, 5.41) is 1.06. The summed E-state index contributed by atoms with van der Waals surface area (Å²) in [6.07, 6.45) is 0.659. The molecule has 1 saturated heterocycles. The van der Waals surface area contributed by atoms with Crippen molar-refractivity contribution in [2.75, 3.05) is 44.8 Å². The van der Waals surface area contributed by atoms with E-state index >= 15 is 0 Å². The first kappa shape index (κ1) is 19.8. The highest BCUT2D eigenvalue weighted by atomic mass is 35.5. The highest BCUT2D eigenvalue weighted by molar-refractivity contribution is 7.89. The van der Waals surface area contributed by atoms with E-state index in [2.05, 4.69) is 9.36 Å². The second kappa shape index (κ2) is 8.37. The average Bonchev–Trinajstić information content (AvgIpc) is 3.08. The molecule has 1 aliphatic rings. The first-order valence-electron chi connectivity index (χ1n) is 7.94. The van der Waals surface area contributed by atoms with Gasteiger partial charge in [-0.25, -0.2) is 13.4 Å². The molecule has 0 spiro atoms. The van der Waals surface area contributed by atoms with Crippen molar-refractivity contribution in [1.29, 1.82) is 0 Å². The topological polar surface area (TPSA) is 75.6 Å². The van der Waals surface area contributed by atoms with Crippen LogP contribution in [-0.2, 0) is 21.2 Å². The van der Waals surface area contributed by atoms with Crippen LogP contribution in [0.25, 0.3) is 0 Å². The minimum atomic E-state index is -3.74. The van der Waals surface area contributed by atoms with Gasteiger partial charge < -0.3 is 9.64 Å². The van der Waals surface area contributed by atoms with Crippen molar-refractivity contribution in [3.63, 3.8) is 0 Å². The van der Waals surface area contributed by atoms with Crippen molar-refractivity contribution in [2.45, 2.75) is 11.3 Å². The molecule has 3 rings (SSSR count). The zero-order valence-electron chi connectivity index (χ0n) is 14.1. The number of piperazine rings is 1. The lowest BCUT2D eigenvalue weighted by Gasteiger charge is -2.33. The van der Waals surface area contributed by atoms with E-state index in [0.717, 1.165) is 11.0 Å². The first-order valence-corrected chi connectivity index (χ1v) is 10.9. The third-order valence-corrected chi connectivity index (χ3v) is 7.68. The van der Waals surface area contributed by atoms with E-state index in [1.807, 2.05) is 4.90 Å². The van der Waals surface area contributed by atoms with Crippen molar-refractivity contribution in [1.82, 2.24) is 13.7 Å². The Bertz CT molecular complexity index is 847. The monoisotopic (exact) mass is 436 g/mol. The zero-order chi connectivity index (χ0) is 18.7. The smallest absolute Gasteiger partial charge is 0.246 e. The van der Waals surface area contributed by atoms with Crippen molar-refractivity contribution < 1.29 is 13.2 Å². The van der Waals surface area contributed by atoms with E-state index in [-0.39, 0.29) is 14.9 Å². The number of halogens is 2. The maximum Gasteiger partial charge on any atom is 0.246 e. The second-order valence-corrected chi connectivity index (χ2v) is 9.10. The molecule has 0 N–H and O–H groups in total. The minimum Gasteiger partial charge on any atom is -0.384 e. The Labute approximate surface area is 166 Å². The lowest BCUT2D eigenvalue weighted by Crippen LogP contribution is -2.48. The Kier molecular flexibility index (Phi) is 6.37. The summed E-state index contributed by atoms with van der Waals surface area (Å²) in [6.45, 7) is 2.29. The Balaban J connectivity index is 1.69. The number of benzene rings is 1. The molecule has 1 aliphatic heterocycles. The SMILES string of the molecule is COCCc1nsc(N2CCN(S(=O)(=O)c3c(Cl)cccc3Cl)CC2)n1. The lowest BCUT2D eigenvalue weighted by molar-refractivity contribution is 0.201. The van der Waals surface area contributed by atoms with E-state index in [1.54, 1.807) is 13.2 Å². The predicted octanol–water partition coefficient (Wildman–Crippen LogP) is 2.54. The van der Waals surface area contributed by atoms with Crippen LogP contribution in [0.15, 0.2) is 23.1 Å². The number of rotatable bonds is 6. The summed E-state index contributed by atoms with van der Waals surface area (Å²) in [6, 6.07) is 4.68. The molecule has 2 heterocycles. The molecule has 11 heteroatoms. The van der Waals surface area contributed by atoms with Gasteiger partial charge in [0.15, 0.2) is 0 Å². The number of aromatic nitrogens is 2. The van der Waals surface area contributed by atoms with Crippen LogP contribution in [0.1, 0.15) is 5.82 Å². The van der Waals surface area contributed by atoms with E-state index in [0.29, 0.717) is 39.2 Å². The molecule has 1 aromatic carbocycles. The Morgan fingerprint density at radius 1 is 1.19 bits per heavy atom. The van der Waals surface area contributed by atoms with Crippen LogP contribution < -0.4 is 4.90 Å². The normalized spacial score (nSPS) is 16.2. The van der Waals surface area contributed by atoms with Crippen LogP contribution in [-0.4, -0.2) is 62.0 Å². The molecule has 2 aromatic rings. The molecule has 0 atom stereocenters. The fraction of sp³-hybridized carbons (Fsp3) is 0.467. The highest BCUT2D eigenvalue weighted by Gasteiger charge is 2.32. The number of hydrogen-bond donors (Lipinski definition) is 0. The van der Waals surface area contributed by atoms with E-state index < -0.39 is 10.0 Å². The highest BCUT2D eigenvalue weighted by Crippen LogP contribution is 2.32. The summed E-state index contributed by atoms with van der Waals surface area (Å²) >= 11 is 13.5. The summed E-state index contributed by atoms with van der Waals surface area (Å²) in [7, 11) is -2.11. The van der Waals surface area contributed by atoms with Crippen LogP contribution in [0, 0.1) is 0 Å². The number of hydrogen-bond acceptors (Lipinski definition) is 7. The van der Waals surface area contributed by atoms with Gasteiger partial charge in [-0.05, 0) is 12.1 Å². The molecule has 0 amide bonds. The first-order chi connectivity index (χ1) is 12.4. The average molecular weight is 437 g/mol. The molecular formula is C15H18Cl2N4O3S2. The number of nitrogens with zero attached hydrogens (tertiary/aromatic N) is 4. The molecule has 142 valence electrons. The molecule has 0 aliphatic carbocycles. The van der Waals surface area contributed by atoms with E-state index in [1.165, 1.54) is 28.0 Å². The molecule has 1 fully saturated rings. The maximum atomic E-state index is 12.9. The Morgan fingerprint density at radius 3 is 2.46 bits per heavy atom. The zero-order valence-corrected chi connectivity index (χ0v) is 17.2. The summed E-state index contributed by atoms with van der Waals surface area (Å²) < 4.78 is 36.5. The predicted molar refractivity (Wildman–Crippen MR) is 103 cm³/mol.